The second kappa shape index (κ2) is 7.12. The molecule has 1 aromatic rings. The van der Waals surface area contributed by atoms with E-state index in [0.717, 1.165) is 6.04 Å². The minimum atomic E-state index is 0.427. The topological polar surface area (TPSA) is 18.1 Å². The standard InChI is InChI=1S/C19H30N2O/c1-15-5-4-6-18(11-15)14-20-9-7-19(8-10-20)21-12-16(2)22-17(3)13-21/h4-6,11,16-17,19H,7-10,12-14H2,1-3H3/p+2/t16-,17-/m0/s1. The van der Waals surface area contributed by atoms with Crippen LogP contribution >= 0.6 is 0 Å². The number of hydrogen-bond donors (Lipinski definition) is 2. The molecule has 0 bridgehead atoms. The van der Waals surface area contributed by atoms with Crippen LogP contribution in [-0.2, 0) is 11.3 Å². The van der Waals surface area contributed by atoms with E-state index in [0.29, 0.717) is 12.2 Å². The zero-order valence-electron chi connectivity index (χ0n) is 14.4. The lowest BCUT2D eigenvalue weighted by Crippen LogP contribution is -3.22. The van der Waals surface area contributed by atoms with Gasteiger partial charge in [-0.2, -0.15) is 0 Å². The van der Waals surface area contributed by atoms with Crippen molar-refractivity contribution in [1.29, 1.82) is 0 Å². The molecule has 2 aliphatic heterocycles. The highest BCUT2D eigenvalue weighted by Gasteiger charge is 2.34. The summed E-state index contributed by atoms with van der Waals surface area (Å²) in [5.74, 6) is 0. The molecular formula is C19H32N2O+2. The van der Waals surface area contributed by atoms with E-state index >= 15 is 0 Å². The molecule has 122 valence electrons. The number of ether oxygens (including phenoxy) is 1. The normalized spacial score (nSPS) is 36.2. The van der Waals surface area contributed by atoms with Crippen molar-refractivity contribution in [3.63, 3.8) is 0 Å². The van der Waals surface area contributed by atoms with Gasteiger partial charge in [0.15, 0.2) is 0 Å². The maximum Gasteiger partial charge on any atom is 0.104 e. The Morgan fingerprint density at radius 3 is 2.41 bits per heavy atom. The lowest BCUT2D eigenvalue weighted by atomic mass is 10.0. The summed E-state index contributed by atoms with van der Waals surface area (Å²) < 4.78 is 5.89. The Bertz CT molecular complexity index is 472. The molecule has 22 heavy (non-hydrogen) atoms. The second-order valence-electron chi connectivity index (χ2n) is 7.51. The molecule has 3 nitrogen and oxygen atoms in total. The predicted molar refractivity (Wildman–Crippen MR) is 89.3 cm³/mol. The van der Waals surface area contributed by atoms with Crippen molar-refractivity contribution in [3.8, 4) is 0 Å². The molecule has 0 unspecified atom stereocenters. The minimum absolute atomic E-state index is 0.427. The van der Waals surface area contributed by atoms with Crippen LogP contribution in [0.4, 0.5) is 0 Å². The fourth-order valence-electron chi connectivity index (χ4n) is 4.37. The lowest BCUT2D eigenvalue weighted by Gasteiger charge is -2.39. The third-order valence-corrected chi connectivity index (χ3v) is 5.37. The van der Waals surface area contributed by atoms with E-state index in [-0.39, 0.29) is 0 Å². The van der Waals surface area contributed by atoms with Gasteiger partial charge in [0.2, 0.25) is 0 Å². The molecule has 2 heterocycles. The van der Waals surface area contributed by atoms with Gasteiger partial charge in [-0.3, -0.25) is 0 Å². The molecule has 3 rings (SSSR count). The molecule has 0 radical (unpaired) electrons. The van der Waals surface area contributed by atoms with E-state index < -0.39 is 0 Å². The number of benzene rings is 1. The van der Waals surface area contributed by atoms with E-state index in [1.807, 2.05) is 0 Å². The number of quaternary nitrogens is 2. The number of morpholine rings is 1. The molecule has 0 aromatic heterocycles. The van der Waals surface area contributed by atoms with Gasteiger partial charge in [0, 0.05) is 18.4 Å². The van der Waals surface area contributed by atoms with Gasteiger partial charge in [0.25, 0.3) is 0 Å². The van der Waals surface area contributed by atoms with Crippen molar-refractivity contribution < 1.29 is 14.5 Å². The minimum Gasteiger partial charge on any atom is -0.364 e. The maximum absolute atomic E-state index is 5.89. The average molecular weight is 304 g/mol. The summed E-state index contributed by atoms with van der Waals surface area (Å²) in [6.07, 6.45) is 3.60. The molecule has 2 N–H and O–H groups in total. The van der Waals surface area contributed by atoms with Gasteiger partial charge in [-0.15, -0.1) is 0 Å². The van der Waals surface area contributed by atoms with E-state index in [1.54, 1.807) is 9.80 Å². The Morgan fingerprint density at radius 1 is 1.09 bits per heavy atom. The van der Waals surface area contributed by atoms with E-state index in [1.165, 1.54) is 56.7 Å². The van der Waals surface area contributed by atoms with Crippen LogP contribution in [0, 0.1) is 6.92 Å². The zero-order chi connectivity index (χ0) is 15.5. The van der Waals surface area contributed by atoms with E-state index in [2.05, 4.69) is 45.0 Å². The van der Waals surface area contributed by atoms with Crippen LogP contribution in [0.15, 0.2) is 24.3 Å². The van der Waals surface area contributed by atoms with Crippen LogP contribution in [0.1, 0.15) is 37.8 Å². The van der Waals surface area contributed by atoms with Gasteiger partial charge in [-0.1, -0.05) is 29.8 Å². The maximum atomic E-state index is 5.89. The predicted octanol–water partition coefficient (Wildman–Crippen LogP) is 0.234. The first-order chi connectivity index (χ1) is 10.6. The van der Waals surface area contributed by atoms with Crippen molar-refractivity contribution in [2.45, 2.75) is 58.4 Å². The highest BCUT2D eigenvalue weighted by molar-refractivity contribution is 5.21. The second-order valence-corrected chi connectivity index (χ2v) is 7.51. The third kappa shape index (κ3) is 4.09. The summed E-state index contributed by atoms with van der Waals surface area (Å²) in [4.78, 5) is 3.55. The number of nitrogens with one attached hydrogen (secondary N) is 2. The largest absolute Gasteiger partial charge is 0.364 e. The Morgan fingerprint density at radius 2 is 1.77 bits per heavy atom. The number of hydrogen-bond acceptors (Lipinski definition) is 1. The van der Waals surface area contributed by atoms with Crippen LogP contribution in [0.3, 0.4) is 0 Å². The molecule has 0 aliphatic carbocycles. The van der Waals surface area contributed by atoms with Crippen LogP contribution in [0.2, 0.25) is 0 Å². The van der Waals surface area contributed by atoms with Gasteiger partial charge in [0.05, 0.1) is 19.1 Å². The quantitative estimate of drug-likeness (QED) is 0.818. The fourth-order valence-corrected chi connectivity index (χ4v) is 4.37. The van der Waals surface area contributed by atoms with Crippen LogP contribution < -0.4 is 9.80 Å². The lowest BCUT2D eigenvalue weighted by molar-refractivity contribution is -0.970. The van der Waals surface area contributed by atoms with Gasteiger partial charge < -0.3 is 14.5 Å². The van der Waals surface area contributed by atoms with E-state index in [4.69, 9.17) is 4.74 Å². The molecule has 0 saturated carbocycles. The van der Waals surface area contributed by atoms with Crippen molar-refractivity contribution in [1.82, 2.24) is 0 Å². The summed E-state index contributed by atoms with van der Waals surface area (Å²) in [7, 11) is 0. The summed E-state index contributed by atoms with van der Waals surface area (Å²) in [5, 5.41) is 0. The zero-order valence-corrected chi connectivity index (χ0v) is 14.4. The Labute approximate surface area is 135 Å². The Balaban J connectivity index is 1.50. The van der Waals surface area contributed by atoms with Gasteiger partial charge >= 0.3 is 0 Å². The molecule has 0 spiro atoms. The van der Waals surface area contributed by atoms with E-state index in [9.17, 15) is 0 Å². The fraction of sp³-hybridized carbons (Fsp3) is 0.684. The first kappa shape index (κ1) is 16.0. The number of rotatable bonds is 3. The number of piperidine rings is 1. The summed E-state index contributed by atoms with van der Waals surface area (Å²) in [6.45, 7) is 12.9. The van der Waals surface area contributed by atoms with Crippen LogP contribution in [0.25, 0.3) is 0 Å². The molecule has 0 amide bonds. The smallest absolute Gasteiger partial charge is 0.104 e. The van der Waals surface area contributed by atoms with Gasteiger partial charge in [-0.25, -0.2) is 0 Å². The first-order valence-electron chi connectivity index (χ1n) is 8.99. The number of likely N-dealkylation sites (tertiary alicyclic amines) is 1. The highest BCUT2D eigenvalue weighted by atomic mass is 16.5. The third-order valence-electron chi connectivity index (χ3n) is 5.37. The first-order valence-corrected chi connectivity index (χ1v) is 8.99. The molecule has 1 aromatic carbocycles. The monoisotopic (exact) mass is 304 g/mol. The summed E-state index contributed by atoms with van der Waals surface area (Å²) in [6, 6.07) is 9.86. The molecule has 2 saturated heterocycles. The number of aryl methyl sites for hydroxylation is 1. The van der Waals surface area contributed by atoms with Crippen molar-refractivity contribution in [2.75, 3.05) is 26.2 Å². The van der Waals surface area contributed by atoms with Crippen molar-refractivity contribution in [3.05, 3.63) is 35.4 Å². The van der Waals surface area contributed by atoms with Crippen LogP contribution in [0.5, 0.6) is 0 Å². The van der Waals surface area contributed by atoms with Crippen molar-refractivity contribution in [2.24, 2.45) is 0 Å². The summed E-state index contributed by atoms with van der Waals surface area (Å²) >= 11 is 0. The molecule has 2 atom stereocenters. The molecule has 2 aliphatic rings. The highest BCUT2D eigenvalue weighted by Crippen LogP contribution is 2.05. The Hall–Kier alpha value is -0.900. The molecule has 3 heteroatoms. The SMILES string of the molecule is Cc1cccc(C[NH+]2CCC([NH+]3C[C@H](C)O[C@@H](C)C3)CC2)c1. The molecular weight excluding hydrogens is 272 g/mol. The average Bonchev–Trinajstić information content (AvgIpc) is 2.47. The van der Waals surface area contributed by atoms with Gasteiger partial charge in [-0.05, 0) is 20.8 Å². The molecule has 2 fully saturated rings. The Kier molecular flexibility index (Phi) is 5.17. The van der Waals surface area contributed by atoms with Crippen molar-refractivity contribution >= 4 is 0 Å². The van der Waals surface area contributed by atoms with Gasteiger partial charge in [0.1, 0.15) is 31.8 Å². The summed E-state index contributed by atoms with van der Waals surface area (Å²) in [5.41, 5.74) is 2.88. The van der Waals surface area contributed by atoms with Crippen LogP contribution in [-0.4, -0.2) is 44.4 Å².